The first-order chi connectivity index (χ1) is 11.5. The lowest BCUT2D eigenvalue weighted by Gasteiger charge is -2.09. The Morgan fingerprint density at radius 3 is 2.67 bits per heavy atom. The van der Waals surface area contributed by atoms with Crippen molar-refractivity contribution in [1.82, 2.24) is 5.32 Å². The van der Waals surface area contributed by atoms with Crippen LogP contribution in [0.3, 0.4) is 0 Å². The van der Waals surface area contributed by atoms with Gasteiger partial charge in [-0.2, -0.15) is 0 Å². The fourth-order valence-electron chi connectivity index (χ4n) is 2.07. The number of hydrogen-bond donors (Lipinski definition) is 1. The van der Waals surface area contributed by atoms with E-state index < -0.39 is 4.92 Å². The van der Waals surface area contributed by atoms with Crippen molar-refractivity contribution >= 4 is 11.6 Å². The molecule has 0 unspecified atom stereocenters. The van der Waals surface area contributed by atoms with Crippen molar-refractivity contribution < 1.29 is 19.2 Å². The number of nitrogens with one attached hydrogen (secondary N) is 1. The molecule has 0 aliphatic heterocycles. The second kappa shape index (κ2) is 7.96. The molecule has 0 bridgehead atoms. The van der Waals surface area contributed by atoms with Crippen LogP contribution >= 0.6 is 0 Å². The maximum absolute atomic E-state index is 12.0. The van der Waals surface area contributed by atoms with E-state index in [0.717, 1.165) is 0 Å². The summed E-state index contributed by atoms with van der Waals surface area (Å²) in [6.07, 6.45) is 0. The Morgan fingerprint density at radius 1 is 1.21 bits per heavy atom. The number of hydrogen-bond acceptors (Lipinski definition) is 5. The molecule has 0 spiro atoms. The highest BCUT2D eigenvalue weighted by Crippen LogP contribution is 2.20. The number of nitro benzene ring substituents is 1. The summed E-state index contributed by atoms with van der Waals surface area (Å²) < 4.78 is 10.6. The van der Waals surface area contributed by atoms with Gasteiger partial charge in [0.1, 0.15) is 18.1 Å². The molecule has 2 rings (SSSR count). The third-order valence-corrected chi connectivity index (χ3v) is 3.37. The third kappa shape index (κ3) is 4.45. The molecule has 7 heteroatoms. The van der Waals surface area contributed by atoms with Crippen molar-refractivity contribution in [3.63, 3.8) is 0 Å². The summed E-state index contributed by atoms with van der Waals surface area (Å²) in [5, 5.41) is 13.6. The third-order valence-electron chi connectivity index (χ3n) is 3.37. The summed E-state index contributed by atoms with van der Waals surface area (Å²) in [5.41, 5.74) is 0.682. The van der Waals surface area contributed by atoms with Gasteiger partial charge >= 0.3 is 0 Å². The molecule has 24 heavy (non-hydrogen) atoms. The Bertz CT molecular complexity index is 746. The van der Waals surface area contributed by atoms with Crippen LogP contribution in [-0.2, 0) is 0 Å². The molecule has 0 heterocycles. The van der Waals surface area contributed by atoms with Crippen molar-refractivity contribution in [2.75, 3.05) is 20.3 Å². The highest BCUT2D eigenvalue weighted by molar-refractivity contribution is 5.94. The normalized spacial score (nSPS) is 10.1. The maximum Gasteiger partial charge on any atom is 0.273 e. The summed E-state index contributed by atoms with van der Waals surface area (Å²) in [4.78, 5) is 22.4. The van der Waals surface area contributed by atoms with E-state index in [0.29, 0.717) is 17.1 Å². The number of rotatable bonds is 7. The van der Waals surface area contributed by atoms with Crippen LogP contribution < -0.4 is 14.8 Å². The van der Waals surface area contributed by atoms with E-state index in [1.54, 1.807) is 50.4 Å². The summed E-state index contributed by atoms with van der Waals surface area (Å²) in [6, 6.07) is 11.5. The second-order valence-electron chi connectivity index (χ2n) is 5.04. The fourth-order valence-corrected chi connectivity index (χ4v) is 2.07. The number of carbonyl (C=O) groups excluding carboxylic acids is 1. The zero-order valence-electron chi connectivity index (χ0n) is 13.4. The van der Waals surface area contributed by atoms with Crippen LogP contribution in [0, 0.1) is 17.0 Å². The minimum atomic E-state index is -0.502. The minimum Gasteiger partial charge on any atom is -0.497 e. The molecule has 0 aliphatic carbocycles. The highest BCUT2D eigenvalue weighted by atomic mass is 16.6. The Morgan fingerprint density at radius 2 is 1.96 bits per heavy atom. The van der Waals surface area contributed by atoms with Crippen LogP contribution in [0.2, 0.25) is 0 Å². The number of amides is 1. The first-order valence-electron chi connectivity index (χ1n) is 7.31. The predicted molar refractivity (Wildman–Crippen MR) is 88.7 cm³/mol. The van der Waals surface area contributed by atoms with Crippen LogP contribution in [0.4, 0.5) is 5.69 Å². The van der Waals surface area contributed by atoms with Crippen molar-refractivity contribution in [1.29, 1.82) is 0 Å². The molecule has 7 nitrogen and oxygen atoms in total. The van der Waals surface area contributed by atoms with E-state index in [1.165, 1.54) is 6.07 Å². The van der Waals surface area contributed by atoms with E-state index in [4.69, 9.17) is 9.47 Å². The van der Waals surface area contributed by atoms with Gasteiger partial charge in [0.25, 0.3) is 11.6 Å². The zero-order valence-corrected chi connectivity index (χ0v) is 13.4. The van der Waals surface area contributed by atoms with Gasteiger partial charge in [0.15, 0.2) is 0 Å². The van der Waals surface area contributed by atoms with Crippen LogP contribution in [0.5, 0.6) is 11.5 Å². The van der Waals surface area contributed by atoms with Gasteiger partial charge in [-0.05, 0) is 25.1 Å². The van der Waals surface area contributed by atoms with Crippen molar-refractivity contribution in [2.45, 2.75) is 6.92 Å². The van der Waals surface area contributed by atoms with Crippen LogP contribution in [-0.4, -0.2) is 31.1 Å². The van der Waals surface area contributed by atoms with Gasteiger partial charge in [-0.1, -0.05) is 12.1 Å². The average Bonchev–Trinajstić information content (AvgIpc) is 2.58. The molecule has 1 amide bonds. The topological polar surface area (TPSA) is 90.7 Å². The number of nitrogens with zero attached hydrogens (tertiary/aromatic N) is 1. The van der Waals surface area contributed by atoms with Gasteiger partial charge < -0.3 is 14.8 Å². The molecular formula is C17H18N2O5. The van der Waals surface area contributed by atoms with Crippen LogP contribution in [0.15, 0.2) is 42.5 Å². The van der Waals surface area contributed by atoms with Gasteiger partial charge in [-0.3, -0.25) is 14.9 Å². The standard InChI is InChI=1S/C17H18N2O5/c1-12-6-7-13(10-16(12)19(21)22)17(20)18-8-9-24-15-5-3-4-14(11-15)23-2/h3-7,10-11H,8-9H2,1-2H3,(H,18,20). The summed E-state index contributed by atoms with van der Waals surface area (Å²) >= 11 is 0. The van der Waals surface area contributed by atoms with Crippen LogP contribution in [0.25, 0.3) is 0 Å². The van der Waals surface area contributed by atoms with E-state index in [2.05, 4.69) is 5.32 Å². The van der Waals surface area contributed by atoms with Gasteiger partial charge in [-0.15, -0.1) is 0 Å². The molecule has 0 atom stereocenters. The Balaban J connectivity index is 1.87. The SMILES string of the molecule is COc1cccc(OCCNC(=O)c2ccc(C)c([N+](=O)[O-])c2)c1. The van der Waals surface area contributed by atoms with Gasteiger partial charge in [-0.25, -0.2) is 0 Å². The zero-order chi connectivity index (χ0) is 17.5. The monoisotopic (exact) mass is 330 g/mol. The van der Waals surface area contributed by atoms with Gasteiger partial charge in [0.2, 0.25) is 0 Å². The van der Waals surface area contributed by atoms with Crippen LogP contribution in [0.1, 0.15) is 15.9 Å². The van der Waals surface area contributed by atoms with E-state index in [-0.39, 0.29) is 30.3 Å². The number of carbonyl (C=O) groups is 1. The quantitative estimate of drug-likeness (QED) is 0.479. The molecule has 0 saturated heterocycles. The predicted octanol–water partition coefficient (Wildman–Crippen LogP) is 2.72. The van der Waals surface area contributed by atoms with Gasteiger partial charge in [0.05, 0.1) is 18.6 Å². The Hall–Kier alpha value is -3.09. The minimum absolute atomic E-state index is 0.0738. The summed E-state index contributed by atoms with van der Waals surface area (Å²) in [5.74, 6) is 0.936. The van der Waals surface area contributed by atoms with E-state index in [9.17, 15) is 14.9 Å². The summed E-state index contributed by atoms with van der Waals surface area (Å²) in [7, 11) is 1.57. The lowest BCUT2D eigenvalue weighted by Crippen LogP contribution is -2.28. The van der Waals surface area contributed by atoms with Crippen molar-refractivity contribution in [2.24, 2.45) is 0 Å². The molecule has 0 fully saturated rings. The molecule has 2 aromatic carbocycles. The molecule has 0 aromatic heterocycles. The lowest BCUT2D eigenvalue weighted by molar-refractivity contribution is -0.385. The first-order valence-corrected chi connectivity index (χ1v) is 7.31. The molecule has 0 saturated carbocycles. The number of benzene rings is 2. The van der Waals surface area contributed by atoms with Gasteiger partial charge in [0, 0.05) is 23.3 Å². The number of ether oxygens (including phenoxy) is 2. The Kier molecular flexibility index (Phi) is 5.73. The fraction of sp³-hybridized carbons (Fsp3) is 0.235. The Labute approximate surface area is 139 Å². The van der Waals surface area contributed by atoms with Crippen molar-refractivity contribution in [3.05, 3.63) is 63.7 Å². The number of aryl methyl sites for hydroxylation is 1. The highest BCUT2D eigenvalue weighted by Gasteiger charge is 2.14. The van der Waals surface area contributed by atoms with Crippen molar-refractivity contribution in [3.8, 4) is 11.5 Å². The smallest absolute Gasteiger partial charge is 0.273 e. The molecule has 2 aromatic rings. The lowest BCUT2D eigenvalue weighted by atomic mass is 10.1. The molecule has 126 valence electrons. The first kappa shape index (κ1) is 17.3. The molecular weight excluding hydrogens is 312 g/mol. The second-order valence-corrected chi connectivity index (χ2v) is 5.04. The number of nitro groups is 1. The number of methoxy groups -OCH3 is 1. The molecule has 1 N–H and O–H groups in total. The van der Waals surface area contributed by atoms with E-state index >= 15 is 0 Å². The largest absolute Gasteiger partial charge is 0.497 e. The summed E-state index contributed by atoms with van der Waals surface area (Å²) in [6.45, 7) is 2.17. The maximum atomic E-state index is 12.0. The molecule has 0 aliphatic rings. The molecule has 0 radical (unpaired) electrons. The van der Waals surface area contributed by atoms with E-state index in [1.807, 2.05) is 0 Å². The average molecular weight is 330 g/mol.